The van der Waals surface area contributed by atoms with Crippen molar-refractivity contribution in [2.75, 3.05) is 19.8 Å². The van der Waals surface area contributed by atoms with Crippen LogP contribution in [0.4, 0.5) is 0 Å². The molecule has 1 amide bonds. The van der Waals surface area contributed by atoms with Gasteiger partial charge in [-0.3, -0.25) is 9.59 Å². The molecule has 3 aromatic rings. The number of nitrogens with zero attached hydrogens (tertiary/aromatic N) is 1. The lowest BCUT2D eigenvalue weighted by molar-refractivity contribution is 0.0691. The van der Waals surface area contributed by atoms with Gasteiger partial charge >= 0.3 is 0 Å². The predicted octanol–water partition coefficient (Wildman–Crippen LogP) is 3.05. The molecule has 7 nitrogen and oxygen atoms in total. The van der Waals surface area contributed by atoms with E-state index in [0.29, 0.717) is 23.1 Å². The molecule has 1 atom stereocenters. The maximum atomic E-state index is 13.5. The van der Waals surface area contributed by atoms with Gasteiger partial charge in [0.05, 0.1) is 30.2 Å². The van der Waals surface area contributed by atoms with Crippen molar-refractivity contribution in [3.8, 4) is 11.5 Å². The summed E-state index contributed by atoms with van der Waals surface area (Å²) < 4.78 is 11.4. The van der Waals surface area contributed by atoms with Crippen LogP contribution in [0.3, 0.4) is 0 Å². The van der Waals surface area contributed by atoms with Crippen LogP contribution in [0, 0.1) is 13.8 Å². The summed E-state index contributed by atoms with van der Waals surface area (Å²) in [5.74, 6) is -0.234. The smallest absolute Gasteiger partial charge is 0.290 e. The van der Waals surface area contributed by atoms with Gasteiger partial charge in [-0.1, -0.05) is 12.1 Å². The lowest BCUT2D eigenvalue weighted by Crippen LogP contribution is -2.32. The first-order chi connectivity index (χ1) is 14.4. The fourth-order valence-electron chi connectivity index (χ4n) is 4.17. The summed E-state index contributed by atoms with van der Waals surface area (Å²) in [7, 11) is 0. The second-order valence-electron chi connectivity index (χ2n) is 7.41. The van der Waals surface area contributed by atoms with E-state index in [1.54, 1.807) is 25.1 Å². The Morgan fingerprint density at radius 3 is 2.63 bits per heavy atom. The van der Waals surface area contributed by atoms with Gasteiger partial charge in [0.1, 0.15) is 5.58 Å². The summed E-state index contributed by atoms with van der Waals surface area (Å²) in [6, 6.07) is 7.62. The van der Waals surface area contributed by atoms with E-state index in [2.05, 4.69) is 0 Å². The Morgan fingerprint density at radius 1 is 1.17 bits per heavy atom. The number of phenols is 1. The van der Waals surface area contributed by atoms with E-state index in [1.807, 2.05) is 19.9 Å². The second-order valence-corrected chi connectivity index (χ2v) is 7.41. The van der Waals surface area contributed by atoms with Gasteiger partial charge in [0.2, 0.25) is 5.76 Å². The van der Waals surface area contributed by atoms with Gasteiger partial charge in [-0.15, -0.1) is 0 Å². The van der Waals surface area contributed by atoms with Crippen molar-refractivity contribution < 1.29 is 24.2 Å². The largest absolute Gasteiger partial charge is 0.504 e. The van der Waals surface area contributed by atoms with Gasteiger partial charge in [-0.25, -0.2) is 0 Å². The molecule has 0 radical (unpaired) electrons. The lowest BCUT2D eigenvalue weighted by atomic mass is 9.96. The zero-order chi connectivity index (χ0) is 21.6. The molecule has 0 unspecified atom stereocenters. The Morgan fingerprint density at radius 2 is 1.93 bits per heavy atom. The van der Waals surface area contributed by atoms with Crippen molar-refractivity contribution in [3.05, 3.63) is 68.6 Å². The Balaban J connectivity index is 2.00. The third kappa shape index (κ3) is 3.02. The molecule has 0 bridgehead atoms. The van der Waals surface area contributed by atoms with Crippen LogP contribution in [0.5, 0.6) is 11.5 Å². The van der Waals surface area contributed by atoms with E-state index in [0.717, 1.165) is 11.1 Å². The number of amides is 1. The SMILES string of the molecule is CCOc1cc([C@H]2c3c(oc4cc(C)cc(C)c4c3=O)C(=O)N2CCO)ccc1O. The minimum Gasteiger partial charge on any atom is -0.504 e. The Labute approximate surface area is 173 Å². The fourth-order valence-corrected chi connectivity index (χ4v) is 4.17. The molecule has 0 saturated heterocycles. The summed E-state index contributed by atoms with van der Waals surface area (Å²) in [6.07, 6.45) is 0. The quantitative estimate of drug-likeness (QED) is 0.672. The molecule has 2 heterocycles. The molecule has 2 N–H and O–H groups in total. The topological polar surface area (TPSA) is 100 Å². The number of hydrogen-bond donors (Lipinski definition) is 2. The van der Waals surface area contributed by atoms with Gasteiger partial charge in [-0.2, -0.15) is 0 Å². The van der Waals surface area contributed by atoms with Gasteiger partial charge in [0.15, 0.2) is 16.9 Å². The van der Waals surface area contributed by atoms with Crippen molar-refractivity contribution in [2.45, 2.75) is 26.8 Å². The van der Waals surface area contributed by atoms with E-state index in [1.165, 1.54) is 11.0 Å². The molecule has 30 heavy (non-hydrogen) atoms. The highest BCUT2D eigenvalue weighted by atomic mass is 16.5. The third-order valence-electron chi connectivity index (χ3n) is 5.35. The van der Waals surface area contributed by atoms with Crippen LogP contribution in [-0.4, -0.2) is 40.8 Å². The van der Waals surface area contributed by atoms with Gasteiger partial charge in [-0.05, 0) is 55.7 Å². The Hall–Kier alpha value is -3.32. The van der Waals surface area contributed by atoms with E-state index in [9.17, 15) is 19.8 Å². The van der Waals surface area contributed by atoms with Crippen molar-refractivity contribution in [3.63, 3.8) is 0 Å². The van der Waals surface area contributed by atoms with Crippen molar-refractivity contribution in [1.29, 1.82) is 0 Å². The van der Waals surface area contributed by atoms with Crippen LogP contribution in [0.15, 0.2) is 39.5 Å². The Bertz CT molecular complexity index is 1210. The zero-order valence-electron chi connectivity index (χ0n) is 17.1. The highest BCUT2D eigenvalue weighted by Gasteiger charge is 2.42. The number of aliphatic hydroxyl groups excluding tert-OH is 1. The zero-order valence-corrected chi connectivity index (χ0v) is 17.1. The minimum absolute atomic E-state index is 0.0121. The second kappa shape index (κ2) is 7.50. The van der Waals surface area contributed by atoms with E-state index in [4.69, 9.17) is 9.15 Å². The summed E-state index contributed by atoms with van der Waals surface area (Å²) >= 11 is 0. The molecule has 0 aliphatic carbocycles. The number of hydrogen-bond acceptors (Lipinski definition) is 6. The van der Waals surface area contributed by atoms with Crippen LogP contribution in [-0.2, 0) is 0 Å². The first-order valence-electron chi connectivity index (χ1n) is 9.82. The Kier molecular flexibility index (Phi) is 4.99. The van der Waals surface area contributed by atoms with E-state index < -0.39 is 11.9 Å². The molecule has 1 aromatic heterocycles. The molecule has 4 rings (SSSR count). The average molecular weight is 409 g/mol. The van der Waals surface area contributed by atoms with Crippen LogP contribution < -0.4 is 10.2 Å². The average Bonchev–Trinajstić information content (AvgIpc) is 2.96. The molecular weight excluding hydrogens is 386 g/mol. The molecular formula is C23H23NO6. The van der Waals surface area contributed by atoms with E-state index >= 15 is 0 Å². The summed E-state index contributed by atoms with van der Waals surface area (Å²) in [5.41, 5.74) is 2.63. The van der Waals surface area contributed by atoms with Crippen LogP contribution in [0.2, 0.25) is 0 Å². The fraction of sp³-hybridized carbons (Fsp3) is 0.304. The molecule has 7 heteroatoms. The minimum atomic E-state index is -0.749. The van der Waals surface area contributed by atoms with Crippen molar-refractivity contribution >= 4 is 16.9 Å². The molecule has 0 fully saturated rings. The number of aliphatic hydroxyl groups is 1. The van der Waals surface area contributed by atoms with Gasteiger partial charge in [0.25, 0.3) is 5.91 Å². The maximum absolute atomic E-state index is 13.5. The monoisotopic (exact) mass is 409 g/mol. The number of fused-ring (bicyclic) bond motifs is 2. The van der Waals surface area contributed by atoms with Gasteiger partial charge < -0.3 is 24.3 Å². The highest BCUT2D eigenvalue weighted by molar-refractivity contribution is 5.99. The van der Waals surface area contributed by atoms with E-state index in [-0.39, 0.29) is 41.4 Å². The van der Waals surface area contributed by atoms with Crippen molar-refractivity contribution in [1.82, 2.24) is 4.90 Å². The summed E-state index contributed by atoms with van der Waals surface area (Å²) in [6.45, 7) is 5.65. The lowest BCUT2D eigenvalue weighted by Gasteiger charge is -2.24. The van der Waals surface area contributed by atoms with Crippen molar-refractivity contribution in [2.24, 2.45) is 0 Å². The predicted molar refractivity (Wildman–Crippen MR) is 111 cm³/mol. The van der Waals surface area contributed by atoms with Crippen LogP contribution >= 0.6 is 0 Å². The number of aromatic hydroxyl groups is 1. The molecule has 1 aliphatic heterocycles. The molecule has 2 aromatic carbocycles. The van der Waals surface area contributed by atoms with Crippen LogP contribution in [0.1, 0.15) is 45.8 Å². The van der Waals surface area contributed by atoms with Crippen LogP contribution in [0.25, 0.3) is 11.0 Å². The number of ether oxygens (including phenoxy) is 1. The highest BCUT2D eigenvalue weighted by Crippen LogP contribution is 2.40. The number of benzene rings is 2. The molecule has 0 saturated carbocycles. The number of rotatable bonds is 5. The molecule has 1 aliphatic rings. The standard InChI is InChI=1S/C23H23NO6/c1-4-29-16-11-14(5-6-15(16)26)20-19-21(27)18-13(3)9-12(2)10-17(18)30-22(19)23(28)24(20)7-8-25/h5-6,9-11,20,25-26H,4,7-8H2,1-3H3/t20-/m0/s1. The summed E-state index contributed by atoms with van der Waals surface area (Å²) in [5, 5.41) is 20.0. The maximum Gasteiger partial charge on any atom is 0.290 e. The molecule has 0 spiro atoms. The molecule has 156 valence electrons. The summed E-state index contributed by atoms with van der Waals surface area (Å²) in [4.78, 5) is 28.1. The number of carbonyl (C=O) groups is 1. The third-order valence-corrected chi connectivity index (χ3v) is 5.35. The van der Waals surface area contributed by atoms with Gasteiger partial charge in [0, 0.05) is 6.54 Å². The first-order valence-corrected chi connectivity index (χ1v) is 9.82. The number of phenolic OH excluding ortho intramolecular Hbond substituents is 1. The number of β-amino-alcohol motifs (C(OH)–C–C–N with tert-alkyl or cyclic N) is 1. The normalized spacial score (nSPS) is 15.7. The number of carbonyl (C=O) groups excluding carboxylic acids is 1. The number of aryl methyl sites for hydroxylation is 2. The first kappa shape index (κ1) is 20.0.